The summed E-state index contributed by atoms with van der Waals surface area (Å²) in [6.45, 7) is 12.1. The number of thiazole rings is 2. The number of carboxylic acid groups (broad SMARTS) is 1. The van der Waals surface area contributed by atoms with Crippen molar-refractivity contribution in [1.82, 2.24) is 20.6 Å². The molecule has 0 saturated heterocycles. The van der Waals surface area contributed by atoms with Gasteiger partial charge >= 0.3 is 55.2 Å². The second-order valence-electron chi connectivity index (χ2n) is 13.8. The minimum absolute atomic E-state index is 0. The van der Waals surface area contributed by atoms with Crippen molar-refractivity contribution in [2.45, 2.75) is 85.0 Å². The van der Waals surface area contributed by atoms with Crippen molar-refractivity contribution < 1.29 is 81.9 Å². The number of anilines is 2. The zero-order valence-corrected chi connectivity index (χ0v) is 35.9. The van der Waals surface area contributed by atoms with E-state index >= 15 is 0 Å². The van der Waals surface area contributed by atoms with Crippen LogP contribution in [-0.2, 0) is 46.5 Å². The molecule has 2 aromatic heterocycles. The van der Waals surface area contributed by atoms with Crippen molar-refractivity contribution in [1.29, 1.82) is 0 Å². The number of alkyl carbamates (subject to hydrolysis) is 2. The Morgan fingerprint density at radius 2 is 1.02 bits per heavy atom. The molecule has 0 saturated carbocycles. The van der Waals surface area contributed by atoms with Crippen LogP contribution in [0.25, 0.3) is 0 Å². The molecular weight excluding hydrogens is 820 g/mol. The maximum absolute atomic E-state index is 12.3. The number of nitrogens with zero attached hydrogens (tertiary/aromatic N) is 2. The number of amides is 4. The largest absolute Gasteiger partial charge is 1.00 e. The molecule has 2 unspecified atom stereocenters. The van der Waals surface area contributed by atoms with Gasteiger partial charge in [-0.05, 0) is 59.6 Å². The molecule has 0 aliphatic carbocycles. The van der Waals surface area contributed by atoms with E-state index < -0.39 is 59.6 Å². The summed E-state index contributed by atoms with van der Waals surface area (Å²) in [4.78, 5) is 79.8. The molecule has 4 rings (SSSR count). The van der Waals surface area contributed by atoms with Gasteiger partial charge in [0.1, 0.15) is 24.4 Å². The zero-order valence-electron chi connectivity index (χ0n) is 34.3. The van der Waals surface area contributed by atoms with E-state index in [9.17, 15) is 33.9 Å². The fourth-order valence-corrected chi connectivity index (χ4v) is 5.68. The van der Waals surface area contributed by atoms with Gasteiger partial charge in [-0.3, -0.25) is 10.6 Å². The first-order valence-corrected chi connectivity index (χ1v) is 19.3. The molecule has 2 heterocycles. The first-order valence-electron chi connectivity index (χ1n) is 17.6. The van der Waals surface area contributed by atoms with Gasteiger partial charge < -0.3 is 44.9 Å². The molecule has 0 spiro atoms. The Hall–Kier alpha value is -5.72. The van der Waals surface area contributed by atoms with Gasteiger partial charge in [-0.1, -0.05) is 60.7 Å². The smallest absolute Gasteiger partial charge is 0.870 e. The normalized spacial score (nSPS) is 11.5. The molecular formula is C38H47LiN6O13S2. The molecule has 0 fully saturated rings. The number of hydrogen-bond donors (Lipinski definition) is 5. The van der Waals surface area contributed by atoms with E-state index in [1.165, 1.54) is 10.8 Å². The van der Waals surface area contributed by atoms with Gasteiger partial charge in [0.15, 0.2) is 22.3 Å². The Balaban J connectivity index is 0.000000582. The van der Waals surface area contributed by atoms with Crippen LogP contribution in [0, 0.1) is 0 Å². The summed E-state index contributed by atoms with van der Waals surface area (Å²) in [6.07, 6.45) is -3.08. The quantitative estimate of drug-likeness (QED) is 0.0708. The van der Waals surface area contributed by atoms with Gasteiger partial charge in [0.05, 0.1) is 18.0 Å². The van der Waals surface area contributed by atoms with Gasteiger partial charge in [0.25, 0.3) is 0 Å². The molecule has 22 heteroatoms. The predicted octanol–water partition coefficient (Wildman–Crippen LogP) is 4.39. The first kappa shape index (κ1) is 52.3. The molecule has 320 valence electrons. The molecule has 4 aromatic rings. The average molecular weight is 867 g/mol. The van der Waals surface area contributed by atoms with Gasteiger partial charge in [-0.25, -0.2) is 38.7 Å². The Kier molecular flexibility index (Phi) is 21.8. The first-order chi connectivity index (χ1) is 27.3. The summed E-state index contributed by atoms with van der Waals surface area (Å²) in [5.41, 5.74) is 0.427. The number of aliphatic carboxylic acids is 1. The number of benzene rings is 2. The summed E-state index contributed by atoms with van der Waals surface area (Å²) >= 11 is 2.09. The summed E-state index contributed by atoms with van der Waals surface area (Å²) in [5, 5.41) is 22.3. The SMILES string of the molecule is CC(C)(C)OC(=O)NC(C(=O)O)c1csc(NC(=O)OCc2ccccc2)n1.CCOC(=O)C(NC(=O)OC(C)(C)C)c1csc(NC(=O)OCc2ccccc2)n1.[Li+].[OH-]. The minimum atomic E-state index is -1.41. The minimum Gasteiger partial charge on any atom is -0.870 e. The Morgan fingerprint density at radius 3 is 1.38 bits per heavy atom. The van der Waals surface area contributed by atoms with Crippen LogP contribution in [0.2, 0.25) is 0 Å². The molecule has 19 nitrogen and oxygen atoms in total. The van der Waals surface area contributed by atoms with Crippen LogP contribution in [0.3, 0.4) is 0 Å². The van der Waals surface area contributed by atoms with E-state index in [0.717, 1.165) is 33.8 Å². The Morgan fingerprint density at radius 1 is 0.633 bits per heavy atom. The van der Waals surface area contributed by atoms with E-state index in [0.29, 0.717) is 0 Å². The molecule has 0 radical (unpaired) electrons. The number of carbonyl (C=O) groups excluding carboxylic acids is 5. The fourth-order valence-electron chi connectivity index (χ4n) is 4.24. The van der Waals surface area contributed by atoms with E-state index in [2.05, 4.69) is 31.2 Å². The molecule has 2 atom stereocenters. The summed E-state index contributed by atoms with van der Waals surface area (Å²) in [7, 11) is 0. The fraction of sp³-hybridized carbons (Fsp3) is 0.368. The average Bonchev–Trinajstić information content (AvgIpc) is 3.80. The van der Waals surface area contributed by atoms with Gasteiger partial charge in [0, 0.05) is 10.8 Å². The second kappa shape index (κ2) is 25.0. The van der Waals surface area contributed by atoms with Gasteiger partial charge in [-0.2, -0.15) is 0 Å². The number of esters is 1. The van der Waals surface area contributed by atoms with Crippen LogP contribution >= 0.6 is 22.7 Å². The van der Waals surface area contributed by atoms with Gasteiger partial charge in [-0.15, -0.1) is 22.7 Å². The number of carbonyl (C=O) groups is 6. The van der Waals surface area contributed by atoms with Crippen LogP contribution in [0.1, 0.15) is 83.1 Å². The summed E-state index contributed by atoms with van der Waals surface area (Å²) in [5.74, 6) is -2.00. The molecule has 0 aliphatic heterocycles. The standard InChI is InChI=1S/C20H25N3O6S.C18H21N3O6S.Li.H2O/c1-5-27-16(24)15(22-19(26)29-20(2,3)4)14-12-30-17(21-14)23-18(25)28-11-13-9-7-6-8-10-13;1-18(2,3)27-17(25)20-13(14(22)23)12-10-28-15(19-12)21-16(24)26-9-11-7-5-4-6-8-11;;/h6-10,12,15H,5,11H2,1-4H3,(H,22,26)(H,21,23,25);4-8,10,13H,9H2,1-3H3,(H,20,25)(H,22,23)(H,19,21,24);;1H2/q;;+1;/p-1. The molecule has 60 heavy (non-hydrogen) atoms. The Bertz CT molecular complexity index is 1990. The maximum atomic E-state index is 12.3. The van der Waals surface area contributed by atoms with Crippen molar-refractivity contribution in [3.05, 3.63) is 93.9 Å². The maximum Gasteiger partial charge on any atom is 1.00 e. The van der Waals surface area contributed by atoms with Gasteiger partial charge in [0.2, 0.25) is 0 Å². The van der Waals surface area contributed by atoms with Crippen LogP contribution < -0.4 is 40.1 Å². The van der Waals surface area contributed by atoms with Crippen LogP contribution in [0.4, 0.5) is 29.4 Å². The van der Waals surface area contributed by atoms with Crippen molar-refractivity contribution >= 4 is 69.2 Å². The number of ether oxygens (including phenoxy) is 5. The van der Waals surface area contributed by atoms with Crippen molar-refractivity contribution in [3.63, 3.8) is 0 Å². The molecule has 4 amide bonds. The number of aromatic nitrogens is 2. The third kappa shape index (κ3) is 19.8. The number of carboxylic acids is 1. The molecule has 0 bridgehead atoms. The van der Waals surface area contributed by atoms with Crippen LogP contribution in [0.5, 0.6) is 0 Å². The predicted molar refractivity (Wildman–Crippen MR) is 215 cm³/mol. The molecule has 2 aromatic carbocycles. The van der Waals surface area contributed by atoms with E-state index in [-0.39, 0.29) is 65.8 Å². The number of rotatable bonds is 13. The second-order valence-corrected chi connectivity index (χ2v) is 15.5. The topological polar surface area (TPSA) is 273 Å². The third-order valence-electron chi connectivity index (χ3n) is 6.57. The number of hydrogen-bond acceptors (Lipinski definition) is 16. The van der Waals surface area contributed by atoms with Crippen LogP contribution in [0.15, 0.2) is 71.4 Å². The number of nitrogens with one attached hydrogen (secondary N) is 4. The van der Waals surface area contributed by atoms with E-state index in [1.54, 1.807) is 48.5 Å². The molecule has 0 aliphatic rings. The zero-order chi connectivity index (χ0) is 42.9. The molecule has 6 N–H and O–H groups in total. The monoisotopic (exact) mass is 866 g/mol. The third-order valence-corrected chi connectivity index (χ3v) is 8.12. The van der Waals surface area contributed by atoms with Crippen molar-refractivity contribution in [3.8, 4) is 0 Å². The van der Waals surface area contributed by atoms with Crippen molar-refractivity contribution in [2.24, 2.45) is 0 Å². The summed E-state index contributed by atoms with van der Waals surface area (Å²) in [6, 6.07) is 15.8. The van der Waals surface area contributed by atoms with E-state index in [1.807, 2.05) is 60.7 Å². The van der Waals surface area contributed by atoms with Crippen LogP contribution in [-0.4, -0.2) is 74.7 Å². The van der Waals surface area contributed by atoms with E-state index in [4.69, 9.17) is 23.7 Å². The summed E-state index contributed by atoms with van der Waals surface area (Å²) < 4.78 is 25.5. The Labute approximate surface area is 366 Å². The van der Waals surface area contributed by atoms with Crippen molar-refractivity contribution in [2.75, 3.05) is 17.2 Å².